The van der Waals surface area contributed by atoms with Crippen LogP contribution in [-0.2, 0) is 6.54 Å². The predicted octanol–water partition coefficient (Wildman–Crippen LogP) is 2.65. The van der Waals surface area contributed by atoms with Gasteiger partial charge >= 0.3 is 0 Å². The van der Waals surface area contributed by atoms with Crippen LogP contribution in [0.25, 0.3) is 0 Å². The Morgan fingerprint density at radius 3 is 2.94 bits per heavy atom. The predicted molar refractivity (Wildman–Crippen MR) is 69.5 cm³/mol. The van der Waals surface area contributed by atoms with Gasteiger partial charge in [-0.1, -0.05) is 23.2 Å². The lowest BCUT2D eigenvalue weighted by Crippen LogP contribution is -2.37. The van der Waals surface area contributed by atoms with Crippen molar-refractivity contribution in [2.75, 3.05) is 13.1 Å². The first-order chi connectivity index (χ1) is 8.06. The second-order valence-corrected chi connectivity index (χ2v) is 5.31. The molecule has 1 aliphatic rings. The smallest absolute Gasteiger partial charge is 0.135 e. The third kappa shape index (κ3) is 3.32. The molecule has 1 aliphatic heterocycles. The summed E-state index contributed by atoms with van der Waals surface area (Å²) >= 11 is 12.3. The van der Waals surface area contributed by atoms with Crippen LogP contribution >= 0.6 is 23.2 Å². The van der Waals surface area contributed by atoms with Gasteiger partial charge in [0.15, 0.2) is 0 Å². The molecule has 17 heavy (non-hydrogen) atoms. The van der Waals surface area contributed by atoms with Gasteiger partial charge in [0.05, 0.1) is 6.10 Å². The Kier molecular flexibility index (Phi) is 4.26. The van der Waals surface area contributed by atoms with E-state index in [9.17, 15) is 5.11 Å². The van der Waals surface area contributed by atoms with Crippen LogP contribution in [0.4, 0.5) is 0 Å². The number of pyridine rings is 1. The van der Waals surface area contributed by atoms with Crippen LogP contribution in [0, 0.1) is 6.92 Å². The summed E-state index contributed by atoms with van der Waals surface area (Å²) in [5.41, 5.74) is 1.68. The SMILES string of the molecule is Cc1cc(Cl)c(CN2CCCC(O)C2)c(Cl)n1. The number of nitrogens with zero attached hydrogens (tertiary/aromatic N) is 2. The molecule has 0 bridgehead atoms. The Hall–Kier alpha value is -0.350. The van der Waals surface area contributed by atoms with Crippen LogP contribution in [0.5, 0.6) is 0 Å². The number of hydrogen-bond donors (Lipinski definition) is 1. The van der Waals surface area contributed by atoms with Crippen LogP contribution < -0.4 is 0 Å². The standard InChI is InChI=1S/C12H16Cl2N2O/c1-8-5-11(13)10(12(14)15-8)7-16-4-2-3-9(17)6-16/h5,9,17H,2-4,6-7H2,1H3. The fourth-order valence-electron chi connectivity index (χ4n) is 2.16. The van der Waals surface area contributed by atoms with E-state index in [4.69, 9.17) is 23.2 Å². The molecule has 1 saturated heterocycles. The van der Waals surface area contributed by atoms with Crippen molar-refractivity contribution in [1.82, 2.24) is 9.88 Å². The topological polar surface area (TPSA) is 36.4 Å². The van der Waals surface area contributed by atoms with Crippen molar-refractivity contribution < 1.29 is 5.11 Å². The number of β-amino-alcohol motifs (C(OH)–C–C–N with tert-alkyl or cyclic N) is 1. The highest BCUT2D eigenvalue weighted by atomic mass is 35.5. The van der Waals surface area contributed by atoms with Gasteiger partial charge in [0.2, 0.25) is 0 Å². The first kappa shape index (κ1) is 13.1. The highest BCUT2D eigenvalue weighted by Crippen LogP contribution is 2.26. The van der Waals surface area contributed by atoms with Crippen LogP contribution in [0.1, 0.15) is 24.1 Å². The average molecular weight is 275 g/mol. The molecule has 1 unspecified atom stereocenters. The van der Waals surface area contributed by atoms with Crippen molar-refractivity contribution in [1.29, 1.82) is 0 Å². The van der Waals surface area contributed by atoms with Gasteiger partial charge in [-0.05, 0) is 32.4 Å². The molecule has 2 heterocycles. The summed E-state index contributed by atoms with van der Waals surface area (Å²) in [7, 11) is 0. The Bertz CT molecular complexity index is 388. The van der Waals surface area contributed by atoms with Crippen LogP contribution in [0.3, 0.4) is 0 Å². The maximum absolute atomic E-state index is 9.62. The van der Waals surface area contributed by atoms with Crippen molar-refractivity contribution in [3.05, 3.63) is 27.5 Å². The zero-order valence-electron chi connectivity index (χ0n) is 9.79. The molecular weight excluding hydrogens is 259 g/mol. The van der Waals surface area contributed by atoms with Gasteiger partial charge < -0.3 is 5.11 Å². The highest BCUT2D eigenvalue weighted by molar-refractivity contribution is 6.35. The molecule has 0 amide bonds. The monoisotopic (exact) mass is 274 g/mol. The third-order valence-corrected chi connectivity index (χ3v) is 3.66. The number of aliphatic hydroxyl groups is 1. The molecule has 0 saturated carbocycles. The number of rotatable bonds is 2. The van der Waals surface area contributed by atoms with E-state index in [2.05, 4.69) is 9.88 Å². The van der Waals surface area contributed by atoms with Crippen LogP contribution in [-0.4, -0.2) is 34.2 Å². The highest BCUT2D eigenvalue weighted by Gasteiger charge is 2.20. The molecule has 1 aromatic rings. The van der Waals surface area contributed by atoms with Gasteiger partial charge in [0.25, 0.3) is 0 Å². The number of aliphatic hydroxyl groups excluding tert-OH is 1. The van der Waals surface area contributed by atoms with Crippen LogP contribution in [0.15, 0.2) is 6.07 Å². The maximum atomic E-state index is 9.62. The van der Waals surface area contributed by atoms with E-state index in [0.29, 0.717) is 23.3 Å². The molecule has 94 valence electrons. The molecule has 1 fully saturated rings. The van der Waals surface area contributed by atoms with E-state index < -0.39 is 0 Å². The quantitative estimate of drug-likeness (QED) is 0.843. The van der Waals surface area contributed by atoms with Crippen molar-refractivity contribution in [3.63, 3.8) is 0 Å². The molecule has 0 aromatic carbocycles. The van der Waals surface area contributed by atoms with E-state index in [1.165, 1.54) is 0 Å². The van der Waals surface area contributed by atoms with E-state index in [-0.39, 0.29) is 6.10 Å². The fraction of sp³-hybridized carbons (Fsp3) is 0.583. The van der Waals surface area contributed by atoms with Gasteiger partial charge in [0.1, 0.15) is 5.15 Å². The van der Waals surface area contributed by atoms with Crippen LogP contribution in [0.2, 0.25) is 10.2 Å². The lowest BCUT2D eigenvalue weighted by Gasteiger charge is -2.30. The largest absolute Gasteiger partial charge is 0.392 e. The number of piperidine rings is 1. The minimum absolute atomic E-state index is 0.236. The summed E-state index contributed by atoms with van der Waals surface area (Å²) in [6.45, 7) is 4.17. The minimum Gasteiger partial charge on any atom is -0.392 e. The van der Waals surface area contributed by atoms with Gasteiger partial charge in [-0.15, -0.1) is 0 Å². The van der Waals surface area contributed by atoms with Crippen molar-refractivity contribution in [2.24, 2.45) is 0 Å². The molecule has 3 nitrogen and oxygen atoms in total. The third-order valence-electron chi connectivity index (χ3n) is 3.01. The Balaban J connectivity index is 2.12. The zero-order chi connectivity index (χ0) is 12.4. The molecule has 0 aliphatic carbocycles. The molecule has 0 spiro atoms. The van der Waals surface area contributed by atoms with Crippen molar-refractivity contribution in [3.8, 4) is 0 Å². The molecule has 2 rings (SSSR count). The van der Waals surface area contributed by atoms with Crippen molar-refractivity contribution >= 4 is 23.2 Å². The Morgan fingerprint density at radius 2 is 2.29 bits per heavy atom. The second kappa shape index (κ2) is 5.53. The van der Waals surface area contributed by atoms with Gasteiger partial charge in [-0.3, -0.25) is 4.90 Å². The summed E-state index contributed by atoms with van der Waals surface area (Å²) in [6, 6.07) is 1.82. The second-order valence-electron chi connectivity index (χ2n) is 4.55. The number of halogens is 2. The molecule has 0 radical (unpaired) electrons. The first-order valence-corrected chi connectivity index (χ1v) is 6.54. The molecule has 1 aromatic heterocycles. The van der Waals surface area contributed by atoms with E-state index in [1.54, 1.807) is 0 Å². The Labute approximate surface area is 111 Å². The summed E-state index contributed by atoms with van der Waals surface area (Å²) in [5, 5.41) is 10.7. The van der Waals surface area contributed by atoms with E-state index in [0.717, 1.165) is 30.6 Å². The maximum Gasteiger partial charge on any atom is 0.135 e. The van der Waals surface area contributed by atoms with E-state index >= 15 is 0 Å². The Morgan fingerprint density at radius 1 is 1.53 bits per heavy atom. The number of likely N-dealkylation sites (tertiary alicyclic amines) is 1. The molecule has 1 N–H and O–H groups in total. The summed E-state index contributed by atoms with van der Waals surface area (Å²) in [6.07, 6.45) is 1.65. The summed E-state index contributed by atoms with van der Waals surface area (Å²) in [5.74, 6) is 0. The van der Waals surface area contributed by atoms with Gasteiger partial charge in [-0.25, -0.2) is 4.98 Å². The average Bonchev–Trinajstić information content (AvgIpc) is 2.23. The molecule has 1 atom stereocenters. The summed E-state index contributed by atoms with van der Waals surface area (Å²) in [4.78, 5) is 6.38. The van der Waals surface area contributed by atoms with Gasteiger partial charge in [-0.2, -0.15) is 0 Å². The van der Waals surface area contributed by atoms with E-state index in [1.807, 2.05) is 13.0 Å². The lowest BCUT2D eigenvalue weighted by atomic mass is 10.1. The summed E-state index contributed by atoms with van der Waals surface area (Å²) < 4.78 is 0. The number of aryl methyl sites for hydroxylation is 1. The van der Waals surface area contributed by atoms with Gasteiger partial charge in [0, 0.05) is 29.4 Å². The molecular formula is C12H16Cl2N2O. The lowest BCUT2D eigenvalue weighted by molar-refractivity contribution is 0.0668. The number of hydrogen-bond acceptors (Lipinski definition) is 3. The zero-order valence-corrected chi connectivity index (χ0v) is 11.3. The fourth-order valence-corrected chi connectivity index (χ4v) is 2.81. The number of aromatic nitrogens is 1. The molecule has 5 heteroatoms. The van der Waals surface area contributed by atoms with Crippen molar-refractivity contribution in [2.45, 2.75) is 32.4 Å². The first-order valence-electron chi connectivity index (χ1n) is 5.78. The normalized spacial score (nSPS) is 21.8. The minimum atomic E-state index is -0.236.